The van der Waals surface area contributed by atoms with Crippen molar-refractivity contribution in [2.75, 3.05) is 0 Å². The number of fused-ring (bicyclic) bond motifs is 3. The van der Waals surface area contributed by atoms with Gasteiger partial charge < -0.3 is 0 Å². The van der Waals surface area contributed by atoms with E-state index in [9.17, 15) is 0 Å². The summed E-state index contributed by atoms with van der Waals surface area (Å²) < 4.78 is 10.5. The predicted octanol–water partition coefficient (Wildman–Crippen LogP) is 7.59. The third kappa shape index (κ3) is 6.30. The molecule has 0 spiro atoms. The maximum atomic E-state index is 3.91. The Morgan fingerprint density at radius 2 is 1.00 bits per heavy atom. The molecule has 2 aromatic heterocycles. The Balaban J connectivity index is 1.75. The van der Waals surface area contributed by atoms with Crippen molar-refractivity contribution < 1.29 is 0 Å². The number of hydrogen-bond acceptors (Lipinski definition) is 0. The molecule has 0 amide bonds. The Labute approximate surface area is 210 Å². The molecule has 0 aliphatic carbocycles. The second-order valence-corrected chi connectivity index (χ2v) is 26.1. The Morgan fingerprint density at radius 1 is 0.621 bits per heavy atom. The van der Waals surface area contributed by atoms with Crippen LogP contribution in [-0.2, 0) is 0 Å². The summed E-state index contributed by atoms with van der Waals surface area (Å²) in [5.74, 6) is 0. The van der Waals surface area contributed by atoms with E-state index in [2.05, 4.69) is 57.8 Å². The van der Waals surface area contributed by atoms with Crippen LogP contribution in [0.5, 0.6) is 0 Å². The van der Waals surface area contributed by atoms with Crippen molar-refractivity contribution in [1.82, 2.24) is 0 Å². The molecule has 5 heteroatoms. The molecular formula is C24H36Br2GeSe2. The zero-order valence-electron chi connectivity index (χ0n) is 18.1. The number of halogens is 2. The van der Waals surface area contributed by atoms with E-state index < -0.39 is 13.3 Å². The van der Waals surface area contributed by atoms with E-state index in [0.29, 0.717) is 29.0 Å². The predicted molar refractivity (Wildman–Crippen MR) is 143 cm³/mol. The van der Waals surface area contributed by atoms with Gasteiger partial charge in [-0.3, -0.25) is 0 Å². The minimum absolute atomic E-state index is 0.554. The van der Waals surface area contributed by atoms with Gasteiger partial charge >= 0.3 is 212 Å². The average Bonchev–Trinajstić information content (AvgIpc) is 3.33. The zero-order chi connectivity index (χ0) is 20.7. The van der Waals surface area contributed by atoms with Crippen molar-refractivity contribution in [2.24, 2.45) is 0 Å². The monoisotopic (exact) mass is 716 g/mol. The van der Waals surface area contributed by atoms with Gasteiger partial charge in [-0.05, 0) is 0 Å². The molecule has 0 fully saturated rings. The fourth-order valence-electron chi connectivity index (χ4n) is 4.99. The van der Waals surface area contributed by atoms with Crippen LogP contribution in [0, 0.1) is 0 Å². The number of rotatable bonds is 14. The number of unbranched alkanes of at least 4 members (excludes halogenated alkanes) is 10. The molecule has 0 saturated carbocycles. The molecule has 0 atom stereocenters. The van der Waals surface area contributed by atoms with Crippen LogP contribution < -0.4 is 8.79 Å². The van der Waals surface area contributed by atoms with Gasteiger partial charge in [0.15, 0.2) is 0 Å². The molecule has 0 aromatic carbocycles. The zero-order valence-corrected chi connectivity index (χ0v) is 26.8. The van der Waals surface area contributed by atoms with Crippen molar-refractivity contribution in [1.29, 1.82) is 0 Å². The van der Waals surface area contributed by atoms with Crippen LogP contribution >= 0.6 is 31.9 Å². The van der Waals surface area contributed by atoms with Crippen molar-refractivity contribution in [3.63, 3.8) is 0 Å². The molecule has 1 aliphatic rings. The fourth-order valence-corrected chi connectivity index (χ4v) is 30.3. The topological polar surface area (TPSA) is 0 Å². The quantitative estimate of drug-likeness (QED) is 0.140. The van der Waals surface area contributed by atoms with Gasteiger partial charge in [0.05, 0.1) is 0 Å². The second-order valence-electron chi connectivity index (χ2n) is 8.70. The molecule has 3 heterocycles. The number of hydrogen-bond donors (Lipinski definition) is 0. The van der Waals surface area contributed by atoms with Crippen LogP contribution in [0.25, 0.3) is 8.87 Å². The van der Waals surface area contributed by atoms with E-state index in [4.69, 9.17) is 0 Å². The Bertz CT molecular complexity index is 701. The third-order valence-corrected chi connectivity index (χ3v) is 26.0. The van der Waals surface area contributed by atoms with Gasteiger partial charge in [-0.25, -0.2) is 0 Å². The van der Waals surface area contributed by atoms with Gasteiger partial charge in [-0.1, -0.05) is 0 Å². The standard InChI is InChI=1S/C24H36Br2GeSe2/c1-3-5-7-9-11-13-15-27(16-14-12-10-8-6-4-2)19-17-21(25)28-23(19)24-20(27)18-22(26)29-24/h17-18H,3-16H2,1-2H3. The first-order valence-corrected chi connectivity index (χ1v) is 21.8. The van der Waals surface area contributed by atoms with E-state index in [0.717, 1.165) is 0 Å². The van der Waals surface area contributed by atoms with Gasteiger partial charge in [0.2, 0.25) is 0 Å². The van der Waals surface area contributed by atoms with Crippen LogP contribution in [0.4, 0.5) is 0 Å². The SMILES string of the molecule is CCCCCCC[CH2][Ge]1([CH2]CCCCCCC)[c]2cc(Br)[se]c2-c2[se]c(Br)c[c]21. The summed E-state index contributed by atoms with van der Waals surface area (Å²) in [4.78, 5) is 0. The molecule has 2 aromatic rings. The van der Waals surface area contributed by atoms with E-state index in [1.807, 2.05) is 17.7 Å². The first kappa shape index (κ1) is 25.1. The molecule has 3 rings (SSSR count). The van der Waals surface area contributed by atoms with Crippen molar-refractivity contribution in [2.45, 2.75) is 101 Å². The van der Waals surface area contributed by atoms with E-state index in [1.165, 1.54) is 83.7 Å². The van der Waals surface area contributed by atoms with Crippen LogP contribution in [0.15, 0.2) is 18.8 Å². The fraction of sp³-hybridized carbons (Fsp3) is 0.667. The Kier molecular flexibility index (Phi) is 11.0. The summed E-state index contributed by atoms with van der Waals surface area (Å²) in [6, 6.07) is 5.25. The van der Waals surface area contributed by atoms with Gasteiger partial charge in [0, 0.05) is 0 Å². The van der Waals surface area contributed by atoms with Gasteiger partial charge in [0.25, 0.3) is 0 Å². The minimum atomic E-state index is -2.19. The van der Waals surface area contributed by atoms with Gasteiger partial charge in [-0.15, -0.1) is 0 Å². The van der Waals surface area contributed by atoms with Crippen LogP contribution in [0.3, 0.4) is 0 Å². The van der Waals surface area contributed by atoms with Crippen LogP contribution in [0.1, 0.15) is 90.9 Å². The molecule has 0 bridgehead atoms. The van der Waals surface area contributed by atoms with Gasteiger partial charge in [0.1, 0.15) is 0 Å². The molecule has 0 nitrogen and oxygen atoms in total. The molecular weight excluding hydrogens is 679 g/mol. The van der Waals surface area contributed by atoms with Crippen molar-refractivity contribution >= 4 is 82.9 Å². The molecule has 162 valence electrons. The Hall–Kier alpha value is 1.50. The summed E-state index contributed by atoms with van der Waals surface area (Å²) in [6.07, 6.45) is 17.2. The van der Waals surface area contributed by atoms with Crippen LogP contribution in [-0.4, -0.2) is 42.3 Å². The summed E-state index contributed by atoms with van der Waals surface area (Å²) in [5.41, 5.74) is 0. The normalized spacial score (nSPS) is 14.3. The Morgan fingerprint density at radius 3 is 1.41 bits per heavy atom. The maximum absolute atomic E-state index is 3.91. The molecule has 0 radical (unpaired) electrons. The summed E-state index contributed by atoms with van der Waals surface area (Å²) in [6.45, 7) is 4.65. The van der Waals surface area contributed by atoms with Crippen molar-refractivity contribution in [3.05, 3.63) is 18.8 Å². The molecule has 29 heavy (non-hydrogen) atoms. The van der Waals surface area contributed by atoms with E-state index in [1.54, 1.807) is 10.5 Å². The molecule has 0 saturated heterocycles. The molecule has 0 unspecified atom stereocenters. The average molecular weight is 715 g/mol. The van der Waals surface area contributed by atoms with E-state index in [-0.39, 0.29) is 0 Å². The third-order valence-electron chi connectivity index (χ3n) is 6.56. The summed E-state index contributed by atoms with van der Waals surface area (Å²) in [5, 5.41) is 3.11. The van der Waals surface area contributed by atoms with E-state index >= 15 is 0 Å². The summed E-state index contributed by atoms with van der Waals surface area (Å²) >= 11 is 6.74. The molecule has 0 N–H and O–H groups in total. The summed E-state index contributed by atoms with van der Waals surface area (Å²) in [7, 11) is 0. The first-order valence-electron chi connectivity index (χ1n) is 11.7. The van der Waals surface area contributed by atoms with Crippen LogP contribution in [0.2, 0.25) is 10.5 Å². The van der Waals surface area contributed by atoms with Gasteiger partial charge in [-0.2, -0.15) is 0 Å². The van der Waals surface area contributed by atoms with Crippen molar-refractivity contribution in [3.8, 4) is 8.87 Å². The first-order chi connectivity index (χ1) is 14.1. The molecule has 1 aliphatic heterocycles. The second kappa shape index (κ2) is 12.7.